The SMILES string of the molecule is C#CCSCCNC(=O)N1C(CCC)SCC1C(=O)O. The number of nitrogens with zero attached hydrogens (tertiary/aromatic N) is 1. The number of hydrogen-bond donors (Lipinski definition) is 2. The number of carboxylic acids is 1. The van der Waals surface area contributed by atoms with Crippen LogP contribution in [0.15, 0.2) is 0 Å². The number of rotatable bonds is 7. The highest BCUT2D eigenvalue weighted by Crippen LogP contribution is 2.32. The van der Waals surface area contributed by atoms with Crippen LogP contribution in [0, 0.1) is 12.3 Å². The smallest absolute Gasteiger partial charge is 0.327 e. The normalized spacial score (nSPS) is 21.5. The highest BCUT2D eigenvalue weighted by molar-refractivity contribution is 8.00. The van der Waals surface area contributed by atoms with Crippen molar-refractivity contribution < 1.29 is 14.7 Å². The van der Waals surface area contributed by atoms with Gasteiger partial charge in [0.15, 0.2) is 0 Å². The van der Waals surface area contributed by atoms with Gasteiger partial charge in [0.1, 0.15) is 6.04 Å². The highest BCUT2D eigenvalue weighted by atomic mass is 32.2. The second kappa shape index (κ2) is 9.03. The molecule has 0 aromatic rings. The predicted molar refractivity (Wildman–Crippen MR) is 84.0 cm³/mol. The van der Waals surface area contributed by atoms with Crippen molar-refractivity contribution in [2.75, 3.05) is 23.8 Å². The lowest BCUT2D eigenvalue weighted by atomic mass is 10.2. The van der Waals surface area contributed by atoms with Crippen LogP contribution in [0.2, 0.25) is 0 Å². The van der Waals surface area contributed by atoms with Crippen LogP contribution >= 0.6 is 23.5 Å². The summed E-state index contributed by atoms with van der Waals surface area (Å²) in [7, 11) is 0. The molecule has 0 aliphatic carbocycles. The molecule has 20 heavy (non-hydrogen) atoms. The van der Waals surface area contributed by atoms with Crippen molar-refractivity contribution in [1.82, 2.24) is 10.2 Å². The topological polar surface area (TPSA) is 69.6 Å². The van der Waals surface area contributed by atoms with Gasteiger partial charge in [-0.05, 0) is 6.42 Å². The molecule has 0 radical (unpaired) electrons. The molecule has 5 nitrogen and oxygen atoms in total. The minimum Gasteiger partial charge on any atom is -0.480 e. The molecule has 1 fully saturated rings. The predicted octanol–water partition coefficient (Wildman–Crippen LogP) is 1.69. The van der Waals surface area contributed by atoms with E-state index in [9.17, 15) is 14.7 Å². The zero-order valence-electron chi connectivity index (χ0n) is 11.5. The molecule has 112 valence electrons. The molecule has 1 aliphatic heterocycles. The maximum absolute atomic E-state index is 12.2. The van der Waals surface area contributed by atoms with Crippen LogP contribution in [0.5, 0.6) is 0 Å². The van der Waals surface area contributed by atoms with Gasteiger partial charge < -0.3 is 10.4 Å². The van der Waals surface area contributed by atoms with Gasteiger partial charge in [-0.15, -0.1) is 29.9 Å². The number of carboxylic acid groups (broad SMARTS) is 1. The van der Waals surface area contributed by atoms with Crippen LogP contribution in [0.25, 0.3) is 0 Å². The number of aliphatic carboxylic acids is 1. The Hall–Kier alpha value is -1.00. The second-order valence-corrected chi connectivity index (χ2v) is 6.64. The van der Waals surface area contributed by atoms with E-state index >= 15 is 0 Å². The van der Waals surface area contributed by atoms with Gasteiger partial charge in [0, 0.05) is 18.1 Å². The van der Waals surface area contributed by atoms with E-state index in [0.29, 0.717) is 18.1 Å². The third kappa shape index (κ3) is 4.84. The first-order valence-corrected chi connectivity index (χ1v) is 8.74. The summed E-state index contributed by atoms with van der Waals surface area (Å²) in [5, 5.41) is 11.9. The van der Waals surface area contributed by atoms with Gasteiger partial charge in [0.25, 0.3) is 0 Å². The fourth-order valence-corrected chi connectivity index (χ4v) is 3.97. The third-order valence-corrected chi connectivity index (χ3v) is 5.08. The van der Waals surface area contributed by atoms with Crippen LogP contribution in [0.4, 0.5) is 4.79 Å². The molecule has 2 N–H and O–H groups in total. The van der Waals surface area contributed by atoms with E-state index in [1.54, 1.807) is 11.8 Å². The lowest BCUT2D eigenvalue weighted by Gasteiger charge is -2.27. The molecule has 0 aromatic heterocycles. The second-order valence-electron chi connectivity index (χ2n) is 4.33. The fraction of sp³-hybridized carbons (Fsp3) is 0.692. The van der Waals surface area contributed by atoms with Gasteiger partial charge >= 0.3 is 12.0 Å². The quantitative estimate of drug-likeness (QED) is 0.552. The summed E-state index contributed by atoms with van der Waals surface area (Å²) in [6.07, 6.45) is 6.87. The Bertz CT molecular complexity index is 384. The molecule has 0 saturated carbocycles. The molecular weight excluding hydrogens is 296 g/mol. The van der Waals surface area contributed by atoms with E-state index in [-0.39, 0.29) is 11.4 Å². The molecular formula is C13H20N2O3S2. The third-order valence-electron chi connectivity index (χ3n) is 2.86. The number of urea groups is 1. The Kier molecular flexibility index (Phi) is 7.70. The minimum atomic E-state index is -0.937. The number of carbonyl (C=O) groups is 2. The molecule has 2 atom stereocenters. The van der Waals surface area contributed by atoms with Crippen LogP contribution in [0.1, 0.15) is 19.8 Å². The summed E-state index contributed by atoms with van der Waals surface area (Å²) in [5.74, 6) is 3.38. The van der Waals surface area contributed by atoms with Gasteiger partial charge in [0.2, 0.25) is 0 Å². The van der Waals surface area contributed by atoms with Crippen molar-refractivity contribution in [3.63, 3.8) is 0 Å². The molecule has 1 rings (SSSR count). The van der Waals surface area contributed by atoms with E-state index < -0.39 is 12.0 Å². The number of carbonyl (C=O) groups excluding carboxylic acids is 1. The molecule has 0 aromatic carbocycles. The Morgan fingerprint density at radius 1 is 1.60 bits per heavy atom. The van der Waals surface area contributed by atoms with E-state index in [2.05, 4.69) is 11.2 Å². The van der Waals surface area contributed by atoms with Crippen LogP contribution < -0.4 is 5.32 Å². The van der Waals surface area contributed by atoms with Gasteiger partial charge in [-0.3, -0.25) is 4.90 Å². The average molecular weight is 316 g/mol. The van der Waals surface area contributed by atoms with Gasteiger partial charge in [0.05, 0.1) is 11.1 Å². The summed E-state index contributed by atoms with van der Waals surface area (Å²) in [6, 6.07) is -1.02. The van der Waals surface area contributed by atoms with E-state index in [0.717, 1.165) is 18.6 Å². The van der Waals surface area contributed by atoms with Gasteiger partial charge in [-0.1, -0.05) is 19.3 Å². The summed E-state index contributed by atoms with van der Waals surface area (Å²) < 4.78 is 0. The largest absolute Gasteiger partial charge is 0.480 e. The summed E-state index contributed by atoms with van der Waals surface area (Å²) in [5.41, 5.74) is 0. The van der Waals surface area contributed by atoms with Crippen molar-refractivity contribution >= 4 is 35.5 Å². The summed E-state index contributed by atoms with van der Waals surface area (Å²) in [4.78, 5) is 24.9. The number of hydrogen-bond acceptors (Lipinski definition) is 4. The first-order chi connectivity index (χ1) is 9.61. The maximum Gasteiger partial charge on any atom is 0.327 e. The maximum atomic E-state index is 12.2. The van der Waals surface area contributed by atoms with Crippen LogP contribution in [-0.2, 0) is 4.79 Å². The Morgan fingerprint density at radius 2 is 2.35 bits per heavy atom. The molecule has 2 amide bonds. The Morgan fingerprint density at radius 3 is 2.95 bits per heavy atom. The summed E-state index contributed by atoms with van der Waals surface area (Å²) >= 11 is 3.10. The van der Waals surface area contributed by atoms with E-state index in [1.165, 1.54) is 16.7 Å². The van der Waals surface area contributed by atoms with Crippen molar-refractivity contribution in [3.05, 3.63) is 0 Å². The molecule has 0 bridgehead atoms. The number of nitrogens with one attached hydrogen (secondary N) is 1. The standard InChI is InChI=1S/C13H20N2O3S2/c1-3-5-11-15(10(9-20-11)12(16)17)13(18)14-6-8-19-7-4-2/h2,10-11H,3,5-9H2,1H3,(H,14,18)(H,16,17). The number of thioether (sulfide) groups is 2. The first kappa shape index (κ1) is 17.1. The molecule has 0 spiro atoms. The fourth-order valence-electron chi connectivity index (χ4n) is 1.95. The lowest BCUT2D eigenvalue weighted by Crippen LogP contribution is -2.50. The number of terminal acetylenes is 1. The molecule has 1 heterocycles. The van der Waals surface area contributed by atoms with Crippen LogP contribution in [0.3, 0.4) is 0 Å². The lowest BCUT2D eigenvalue weighted by molar-refractivity contribution is -0.141. The zero-order valence-corrected chi connectivity index (χ0v) is 13.1. The van der Waals surface area contributed by atoms with Gasteiger partial charge in [-0.25, -0.2) is 9.59 Å². The highest BCUT2D eigenvalue weighted by Gasteiger charge is 2.40. The molecule has 1 aliphatic rings. The number of amides is 2. The van der Waals surface area contributed by atoms with Crippen molar-refractivity contribution in [2.45, 2.75) is 31.2 Å². The van der Waals surface area contributed by atoms with Crippen LogP contribution in [-0.4, -0.2) is 57.2 Å². The van der Waals surface area contributed by atoms with Crippen molar-refractivity contribution in [1.29, 1.82) is 0 Å². The van der Waals surface area contributed by atoms with Crippen molar-refractivity contribution in [2.24, 2.45) is 0 Å². The Labute approximate surface area is 128 Å². The van der Waals surface area contributed by atoms with E-state index in [4.69, 9.17) is 6.42 Å². The minimum absolute atomic E-state index is 0.0422. The van der Waals surface area contributed by atoms with Crippen molar-refractivity contribution in [3.8, 4) is 12.3 Å². The average Bonchev–Trinajstić information content (AvgIpc) is 2.83. The molecule has 2 unspecified atom stereocenters. The van der Waals surface area contributed by atoms with E-state index in [1.807, 2.05) is 6.92 Å². The summed E-state index contributed by atoms with van der Waals surface area (Å²) in [6.45, 7) is 2.53. The Balaban J connectivity index is 2.51. The zero-order chi connectivity index (χ0) is 15.0. The molecule has 7 heteroatoms. The van der Waals surface area contributed by atoms with Gasteiger partial charge in [-0.2, -0.15) is 0 Å². The monoisotopic (exact) mass is 316 g/mol. The first-order valence-electron chi connectivity index (χ1n) is 6.53. The molecule has 1 saturated heterocycles.